The Labute approximate surface area is 126 Å². The topological polar surface area (TPSA) is 42.0 Å². The van der Waals surface area contributed by atoms with E-state index >= 15 is 0 Å². The molecule has 0 aliphatic rings. The Morgan fingerprint density at radius 1 is 1.14 bits per heavy atom. The summed E-state index contributed by atoms with van der Waals surface area (Å²) in [5.41, 5.74) is 0.873. The minimum Gasteiger partial charge on any atom is -0.344 e. The molecule has 0 fully saturated rings. The van der Waals surface area contributed by atoms with Crippen molar-refractivity contribution in [1.82, 2.24) is 10.3 Å². The fraction of sp³-hybridized carbons (Fsp3) is 0.250. The summed E-state index contributed by atoms with van der Waals surface area (Å²) in [4.78, 5) is 16.2. The van der Waals surface area contributed by atoms with Crippen molar-refractivity contribution in [3.8, 4) is 0 Å². The van der Waals surface area contributed by atoms with E-state index in [1.54, 1.807) is 32.0 Å². The number of alkyl halides is 3. The number of benzene rings is 1. The predicted molar refractivity (Wildman–Crippen MR) is 76.3 cm³/mol. The fourth-order valence-corrected chi connectivity index (χ4v) is 1.98. The number of aryl methyl sites for hydroxylation is 1. The Morgan fingerprint density at radius 3 is 2.32 bits per heavy atom. The third-order valence-electron chi connectivity index (χ3n) is 3.21. The number of carbonyl (C=O) groups is 1. The zero-order valence-corrected chi connectivity index (χ0v) is 12.1. The van der Waals surface area contributed by atoms with Crippen molar-refractivity contribution >= 4 is 5.91 Å². The molecule has 0 bridgehead atoms. The average Bonchev–Trinajstić information content (AvgIpc) is 2.46. The molecule has 3 nitrogen and oxygen atoms in total. The maximum absolute atomic E-state index is 12.5. The highest BCUT2D eigenvalue weighted by atomic mass is 19.4. The van der Waals surface area contributed by atoms with Gasteiger partial charge in [0.2, 0.25) is 0 Å². The summed E-state index contributed by atoms with van der Waals surface area (Å²) in [7, 11) is 0. The van der Waals surface area contributed by atoms with Gasteiger partial charge in [-0.3, -0.25) is 4.79 Å². The zero-order chi connectivity index (χ0) is 16.3. The molecule has 0 aliphatic heterocycles. The highest BCUT2D eigenvalue weighted by Crippen LogP contribution is 2.29. The van der Waals surface area contributed by atoms with Crippen LogP contribution in [0, 0.1) is 6.92 Å². The summed E-state index contributed by atoms with van der Waals surface area (Å²) in [6.45, 7) is 3.48. The first-order valence-corrected chi connectivity index (χ1v) is 6.69. The molecule has 22 heavy (non-hydrogen) atoms. The van der Waals surface area contributed by atoms with Gasteiger partial charge >= 0.3 is 6.18 Å². The molecule has 2 aromatic rings. The monoisotopic (exact) mass is 308 g/mol. The first kappa shape index (κ1) is 16.0. The number of nitrogens with zero attached hydrogens (tertiary/aromatic N) is 1. The van der Waals surface area contributed by atoms with E-state index in [1.807, 2.05) is 0 Å². The van der Waals surface area contributed by atoms with E-state index in [0.29, 0.717) is 5.56 Å². The molecule has 1 aromatic heterocycles. The highest BCUT2D eigenvalue weighted by Gasteiger charge is 2.30. The standard InChI is InChI=1S/C16H15F3N2O/c1-10-4-3-5-14(20-10)15(22)21-11(2)12-6-8-13(9-7-12)16(17,18)19/h3-9,11H,1-2H3,(H,21,22)/t11-/m1/s1. The molecule has 116 valence electrons. The number of pyridine rings is 1. The van der Waals surface area contributed by atoms with Crippen molar-refractivity contribution < 1.29 is 18.0 Å². The van der Waals surface area contributed by atoms with Gasteiger partial charge < -0.3 is 5.32 Å². The summed E-state index contributed by atoms with van der Waals surface area (Å²) in [5.74, 6) is -0.365. The number of hydrogen-bond acceptors (Lipinski definition) is 2. The lowest BCUT2D eigenvalue weighted by Crippen LogP contribution is -2.27. The fourth-order valence-electron chi connectivity index (χ4n) is 1.98. The lowest BCUT2D eigenvalue weighted by atomic mass is 10.1. The summed E-state index contributed by atoms with van der Waals surface area (Å²) >= 11 is 0. The van der Waals surface area contributed by atoms with E-state index in [1.165, 1.54) is 12.1 Å². The van der Waals surface area contributed by atoms with Crippen LogP contribution in [-0.2, 0) is 6.18 Å². The molecule has 0 radical (unpaired) electrons. The predicted octanol–water partition coefficient (Wildman–Crippen LogP) is 3.90. The van der Waals surface area contributed by atoms with Gasteiger partial charge in [-0.05, 0) is 43.7 Å². The number of halogens is 3. The summed E-state index contributed by atoms with van der Waals surface area (Å²) in [5, 5.41) is 2.72. The van der Waals surface area contributed by atoms with Gasteiger partial charge in [0.15, 0.2) is 0 Å². The van der Waals surface area contributed by atoms with Crippen LogP contribution in [0.2, 0.25) is 0 Å². The summed E-state index contributed by atoms with van der Waals surface area (Å²) in [6.07, 6.45) is -4.36. The highest BCUT2D eigenvalue weighted by molar-refractivity contribution is 5.92. The van der Waals surface area contributed by atoms with Crippen LogP contribution in [0.1, 0.15) is 40.3 Å². The molecule has 0 saturated heterocycles. The van der Waals surface area contributed by atoms with Crippen LogP contribution in [0.4, 0.5) is 13.2 Å². The first-order chi connectivity index (χ1) is 10.3. The van der Waals surface area contributed by atoms with E-state index < -0.39 is 17.8 Å². The molecule has 6 heteroatoms. The second-order valence-corrected chi connectivity index (χ2v) is 4.98. The second-order valence-electron chi connectivity index (χ2n) is 4.98. The average molecular weight is 308 g/mol. The van der Waals surface area contributed by atoms with Crippen molar-refractivity contribution in [3.05, 3.63) is 65.0 Å². The van der Waals surface area contributed by atoms with E-state index in [9.17, 15) is 18.0 Å². The van der Waals surface area contributed by atoms with E-state index in [0.717, 1.165) is 17.8 Å². The largest absolute Gasteiger partial charge is 0.416 e. The van der Waals surface area contributed by atoms with E-state index in [4.69, 9.17) is 0 Å². The minimum atomic E-state index is -4.36. The van der Waals surface area contributed by atoms with Crippen molar-refractivity contribution in [1.29, 1.82) is 0 Å². The lowest BCUT2D eigenvalue weighted by Gasteiger charge is -2.15. The molecule has 0 unspecified atom stereocenters. The summed E-state index contributed by atoms with van der Waals surface area (Å²) in [6, 6.07) is 9.38. The zero-order valence-electron chi connectivity index (χ0n) is 12.1. The Hall–Kier alpha value is -2.37. The van der Waals surface area contributed by atoms with Gasteiger partial charge in [-0.2, -0.15) is 13.2 Å². The Morgan fingerprint density at radius 2 is 1.77 bits per heavy atom. The molecule has 1 atom stereocenters. The Kier molecular flexibility index (Phi) is 4.49. The van der Waals surface area contributed by atoms with Crippen LogP contribution in [-0.4, -0.2) is 10.9 Å². The summed E-state index contributed by atoms with van der Waals surface area (Å²) < 4.78 is 37.5. The third-order valence-corrected chi connectivity index (χ3v) is 3.21. The smallest absolute Gasteiger partial charge is 0.344 e. The molecule has 0 spiro atoms. The third kappa shape index (κ3) is 3.84. The number of carbonyl (C=O) groups excluding carboxylic acids is 1. The van der Waals surface area contributed by atoms with Crippen molar-refractivity contribution in [2.45, 2.75) is 26.1 Å². The first-order valence-electron chi connectivity index (χ1n) is 6.69. The van der Waals surface area contributed by atoms with Crippen LogP contribution in [0.15, 0.2) is 42.5 Å². The van der Waals surface area contributed by atoms with Crippen molar-refractivity contribution in [2.24, 2.45) is 0 Å². The number of rotatable bonds is 3. The molecule has 2 rings (SSSR count). The van der Waals surface area contributed by atoms with E-state index in [2.05, 4.69) is 10.3 Å². The van der Waals surface area contributed by atoms with Gasteiger partial charge in [-0.1, -0.05) is 18.2 Å². The number of amides is 1. The van der Waals surface area contributed by atoms with Gasteiger partial charge in [0, 0.05) is 5.69 Å². The molecule has 0 saturated carbocycles. The molecular weight excluding hydrogens is 293 g/mol. The second kappa shape index (κ2) is 6.17. The van der Waals surface area contributed by atoms with Crippen LogP contribution in [0.3, 0.4) is 0 Å². The molecule has 1 N–H and O–H groups in total. The molecule has 1 amide bonds. The van der Waals surface area contributed by atoms with Gasteiger partial charge in [0.05, 0.1) is 11.6 Å². The Balaban J connectivity index is 2.09. The van der Waals surface area contributed by atoms with Crippen LogP contribution in [0.25, 0.3) is 0 Å². The SMILES string of the molecule is Cc1cccc(C(=O)N[C@H](C)c2ccc(C(F)(F)F)cc2)n1. The quantitative estimate of drug-likeness (QED) is 0.934. The normalized spacial score (nSPS) is 12.8. The van der Waals surface area contributed by atoms with Gasteiger partial charge in [0.25, 0.3) is 5.91 Å². The van der Waals surface area contributed by atoms with Crippen LogP contribution in [0.5, 0.6) is 0 Å². The minimum absolute atomic E-state index is 0.277. The van der Waals surface area contributed by atoms with Crippen molar-refractivity contribution in [3.63, 3.8) is 0 Å². The maximum atomic E-state index is 12.5. The maximum Gasteiger partial charge on any atom is 0.416 e. The number of hydrogen-bond donors (Lipinski definition) is 1. The van der Waals surface area contributed by atoms with Crippen molar-refractivity contribution in [2.75, 3.05) is 0 Å². The molecular formula is C16H15F3N2O. The van der Waals surface area contributed by atoms with E-state index in [-0.39, 0.29) is 11.6 Å². The number of nitrogens with one attached hydrogen (secondary N) is 1. The van der Waals surface area contributed by atoms with Gasteiger partial charge in [-0.15, -0.1) is 0 Å². The molecule has 0 aliphatic carbocycles. The van der Waals surface area contributed by atoms with Gasteiger partial charge in [-0.25, -0.2) is 4.98 Å². The lowest BCUT2D eigenvalue weighted by molar-refractivity contribution is -0.137. The molecule has 1 aromatic carbocycles. The number of aromatic nitrogens is 1. The Bertz CT molecular complexity index is 666. The van der Waals surface area contributed by atoms with Crippen LogP contribution >= 0.6 is 0 Å². The van der Waals surface area contributed by atoms with Gasteiger partial charge in [0.1, 0.15) is 5.69 Å². The van der Waals surface area contributed by atoms with Crippen LogP contribution < -0.4 is 5.32 Å². The molecule has 1 heterocycles.